The van der Waals surface area contributed by atoms with E-state index in [1.54, 1.807) is 4.90 Å². The number of likely N-dealkylation sites (tertiary alicyclic amines) is 1. The Morgan fingerprint density at radius 2 is 1.57 bits per heavy atom. The molecule has 2 aliphatic heterocycles. The number of nitriles is 1. The lowest BCUT2D eigenvalue weighted by Crippen LogP contribution is -2.78. The van der Waals surface area contributed by atoms with Crippen molar-refractivity contribution in [2.24, 2.45) is 10.8 Å². The van der Waals surface area contributed by atoms with E-state index in [4.69, 9.17) is 9.16 Å². The van der Waals surface area contributed by atoms with Gasteiger partial charge in [-0.2, -0.15) is 5.26 Å². The molecule has 4 bridgehead atoms. The molecule has 5 atom stereocenters. The van der Waals surface area contributed by atoms with Crippen LogP contribution in [0.4, 0.5) is 0 Å². The molecule has 7 nitrogen and oxygen atoms in total. The molecule has 56 heavy (non-hydrogen) atoms. The molecule has 1 N–H and O–H groups in total. The van der Waals surface area contributed by atoms with Gasteiger partial charge in [0.25, 0.3) is 5.91 Å². The Morgan fingerprint density at radius 1 is 0.929 bits per heavy atom. The summed E-state index contributed by atoms with van der Waals surface area (Å²) in [4.78, 5) is 19.1. The molecule has 2 spiro atoms. The highest BCUT2D eigenvalue weighted by Crippen LogP contribution is 2.74. The highest BCUT2D eigenvalue weighted by atomic mass is 28.4. The fraction of sp³-hybridized carbons (Fsp3) is 0.417. The first-order valence-electron chi connectivity index (χ1n) is 20.4. The number of likely N-dealkylation sites (N-methyl/N-ethyl adjacent to an activating group) is 1. The molecule has 0 radical (unpaired) electrons. The molecule has 286 valence electrons. The third-order valence-corrected chi connectivity index (χ3v) is 19.7. The van der Waals surface area contributed by atoms with Crippen molar-refractivity contribution in [2.75, 3.05) is 20.1 Å². The van der Waals surface area contributed by atoms with E-state index in [1.807, 2.05) is 37.4 Å². The largest absolute Gasteiger partial charge is 0.531 e. The van der Waals surface area contributed by atoms with E-state index < -0.39 is 30.9 Å². The van der Waals surface area contributed by atoms with E-state index in [1.165, 1.54) is 21.5 Å². The molecule has 4 aromatic rings. The monoisotopic (exact) mass is 761 g/mol. The first-order chi connectivity index (χ1) is 26.9. The average Bonchev–Trinajstić information content (AvgIpc) is 3.88. The highest BCUT2D eigenvalue weighted by Gasteiger charge is 2.79. The molecule has 2 saturated carbocycles. The zero-order valence-corrected chi connectivity index (χ0v) is 33.9. The number of carbonyl (C=O) groups is 1. The van der Waals surface area contributed by atoms with Crippen LogP contribution < -0.4 is 19.5 Å². The number of piperidine rings is 1. The first kappa shape index (κ1) is 35.7. The molecule has 8 heteroatoms. The summed E-state index contributed by atoms with van der Waals surface area (Å²) >= 11 is 0. The second-order valence-electron chi connectivity index (χ2n) is 18.7. The molecular formula is C48H51N3O4Si. The Morgan fingerprint density at radius 3 is 2.18 bits per heavy atom. The van der Waals surface area contributed by atoms with Gasteiger partial charge < -0.3 is 19.2 Å². The molecule has 1 saturated heterocycles. The van der Waals surface area contributed by atoms with Gasteiger partial charge in [0.05, 0.1) is 16.9 Å². The van der Waals surface area contributed by atoms with Crippen molar-refractivity contribution >= 4 is 24.6 Å². The van der Waals surface area contributed by atoms with Crippen LogP contribution in [0, 0.1) is 22.2 Å². The van der Waals surface area contributed by atoms with Crippen LogP contribution in [0.5, 0.6) is 11.5 Å². The first-order valence-corrected chi connectivity index (χ1v) is 22.4. The Labute approximate surface area is 331 Å². The number of nitrogens with zero attached hydrogens (tertiary/aromatic N) is 3. The number of fused-ring (bicyclic) bond motifs is 1. The van der Waals surface area contributed by atoms with Crippen molar-refractivity contribution in [2.45, 2.75) is 94.0 Å². The molecule has 4 aromatic carbocycles. The van der Waals surface area contributed by atoms with Crippen molar-refractivity contribution in [3.8, 4) is 17.6 Å². The SMILES string of the molecule is CN(Cc1ccccc1)C(=O)C1=C[C@@]23CC[C@]1(O)[C@@H]1Oc4c(O[Si](c5ccccc5)(c5ccccc5)C(C)(C)C)ccc5c4[C@@]12CCN(CC1(C#N)CC1)[C@@H]3C5. The van der Waals surface area contributed by atoms with Gasteiger partial charge in [-0.3, -0.25) is 9.69 Å². The van der Waals surface area contributed by atoms with Gasteiger partial charge in [0.15, 0.2) is 5.75 Å². The lowest BCUT2D eigenvalue weighted by Gasteiger charge is -2.70. The fourth-order valence-electron chi connectivity index (χ4n) is 12.0. The van der Waals surface area contributed by atoms with Gasteiger partial charge in [-0.15, -0.1) is 0 Å². The van der Waals surface area contributed by atoms with Crippen molar-refractivity contribution in [1.82, 2.24) is 9.80 Å². The summed E-state index contributed by atoms with van der Waals surface area (Å²) in [5.74, 6) is 1.31. The van der Waals surface area contributed by atoms with Gasteiger partial charge in [-0.05, 0) is 77.7 Å². The van der Waals surface area contributed by atoms with E-state index in [2.05, 4.69) is 111 Å². The molecule has 7 aliphatic rings. The Kier molecular flexibility index (Phi) is 7.75. The minimum atomic E-state index is -3.04. The maximum atomic E-state index is 14.8. The van der Waals surface area contributed by atoms with E-state index in [-0.39, 0.29) is 22.4 Å². The number of rotatable bonds is 9. The van der Waals surface area contributed by atoms with Crippen LogP contribution in [-0.2, 0) is 23.2 Å². The number of carbonyl (C=O) groups excluding carboxylic acids is 1. The van der Waals surface area contributed by atoms with E-state index in [0.717, 1.165) is 62.3 Å². The van der Waals surface area contributed by atoms with E-state index in [0.29, 0.717) is 18.5 Å². The quantitative estimate of drug-likeness (QED) is 0.192. The third kappa shape index (κ3) is 4.71. The summed E-state index contributed by atoms with van der Waals surface area (Å²) in [6.45, 7) is 8.86. The second kappa shape index (κ2) is 12.2. The molecule has 3 fully saturated rings. The predicted octanol–water partition coefficient (Wildman–Crippen LogP) is 6.67. The predicted molar refractivity (Wildman–Crippen MR) is 219 cm³/mol. The standard InChI is InChI=1S/C48H51N3O4Si/c1-44(2,3)56(35-16-10-6-11-17-35,36-18-12-7-13-19-36)55-38-21-20-34-28-39-46-24-25-48(53,37(29-46)42(52)50(4)30-33-14-8-5-9-15-33)43-47(46,40(34)41(38)54-43)26-27-51(39)32-45(31-49)22-23-45/h5-21,29,39,43,53H,22-28,30,32H2,1-4H3/t39-,43-,46-,47+,48-/m1/s1. The van der Waals surface area contributed by atoms with Crippen molar-refractivity contribution < 1.29 is 19.1 Å². The average molecular weight is 762 g/mol. The van der Waals surface area contributed by atoms with Crippen molar-refractivity contribution in [3.05, 3.63) is 131 Å². The molecule has 5 aliphatic carbocycles. The molecule has 0 unspecified atom stereocenters. The van der Waals surface area contributed by atoms with Crippen molar-refractivity contribution in [1.29, 1.82) is 5.26 Å². The molecule has 2 heterocycles. The summed E-state index contributed by atoms with van der Waals surface area (Å²) in [6.07, 6.45) is 6.20. The van der Waals surface area contributed by atoms with Crippen LogP contribution in [0.3, 0.4) is 0 Å². The van der Waals surface area contributed by atoms with Crippen LogP contribution in [0.15, 0.2) is 115 Å². The van der Waals surface area contributed by atoms with Crippen molar-refractivity contribution in [3.63, 3.8) is 0 Å². The lowest BCUT2D eigenvalue weighted by atomic mass is 9.38. The van der Waals surface area contributed by atoms with Crippen LogP contribution in [0.25, 0.3) is 0 Å². The Bertz CT molecular complexity index is 2260. The van der Waals surface area contributed by atoms with Crippen LogP contribution >= 0.6 is 0 Å². The normalized spacial score (nSPS) is 29.0. The van der Waals surface area contributed by atoms with Gasteiger partial charge in [0, 0.05) is 42.7 Å². The summed E-state index contributed by atoms with van der Waals surface area (Å²) in [6, 6.07) is 38.5. The minimum Gasteiger partial charge on any atom is -0.531 e. The number of hydrogen-bond acceptors (Lipinski definition) is 6. The zero-order valence-electron chi connectivity index (χ0n) is 32.9. The van der Waals surface area contributed by atoms with Gasteiger partial charge in [-0.25, -0.2) is 0 Å². The second-order valence-corrected chi connectivity index (χ2v) is 22.9. The van der Waals surface area contributed by atoms with Gasteiger partial charge in [-0.1, -0.05) is 124 Å². The lowest BCUT2D eigenvalue weighted by molar-refractivity contribution is -0.188. The molecule has 0 aromatic heterocycles. The number of benzene rings is 4. The molecule has 11 rings (SSSR count). The number of amides is 1. The smallest absolute Gasteiger partial charge is 0.320 e. The molecule has 1 amide bonds. The van der Waals surface area contributed by atoms with Gasteiger partial charge >= 0.3 is 8.32 Å². The van der Waals surface area contributed by atoms with Crippen LogP contribution in [0.1, 0.15) is 69.6 Å². The highest BCUT2D eigenvalue weighted by molar-refractivity contribution is 7.00. The van der Waals surface area contributed by atoms with Crippen LogP contribution in [-0.4, -0.2) is 67.0 Å². The van der Waals surface area contributed by atoms with Crippen LogP contribution in [0.2, 0.25) is 5.04 Å². The number of ether oxygens (including phenoxy) is 1. The van der Waals surface area contributed by atoms with E-state index >= 15 is 0 Å². The zero-order chi connectivity index (χ0) is 38.7. The molecular weight excluding hydrogens is 711 g/mol. The topological polar surface area (TPSA) is 86.0 Å². The Hall–Kier alpha value is -4.68. The van der Waals surface area contributed by atoms with Gasteiger partial charge in [0.2, 0.25) is 0 Å². The van der Waals surface area contributed by atoms with E-state index in [9.17, 15) is 15.2 Å². The summed E-state index contributed by atoms with van der Waals surface area (Å²) in [7, 11) is -1.21. The fourth-order valence-corrected chi connectivity index (χ4v) is 16.4. The number of aliphatic hydroxyl groups is 1. The maximum absolute atomic E-state index is 14.8. The summed E-state index contributed by atoms with van der Waals surface area (Å²) in [5.41, 5.74) is 1.13. The van der Waals surface area contributed by atoms with Gasteiger partial charge in [0.1, 0.15) is 17.5 Å². The maximum Gasteiger partial charge on any atom is 0.320 e. The summed E-state index contributed by atoms with van der Waals surface area (Å²) in [5, 5.41) is 25.6. The minimum absolute atomic E-state index is 0.0714. The summed E-state index contributed by atoms with van der Waals surface area (Å²) < 4.78 is 15.1. The number of hydrogen-bond donors (Lipinski definition) is 1. The third-order valence-electron chi connectivity index (χ3n) is 14.7. The Balaban J connectivity index is 1.14.